The Morgan fingerprint density at radius 2 is 2.09 bits per heavy atom. The third-order valence-electron chi connectivity index (χ3n) is 3.91. The van der Waals surface area contributed by atoms with Crippen molar-refractivity contribution < 1.29 is 14.7 Å². The van der Waals surface area contributed by atoms with Crippen LogP contribution >= 0.6 is 0 Å². The van der Waals surface area contributed by atoms with Gasteiger partial charge in [0.05, 0.1) is 0 Å². The molecule has 0 fully saturated rings. The SMILES string of the molecule is Cc1nc2ncnn2c(C)c1CCC(=O)N(C)C(C)C(=O)O. The molecule has 0 aliphatic carbocycles. The number of carbonyl (C=O) groups excluding carboxylic acids is 1. The Bertz CT molecular complexity index is 725. The van der Waals surface area contributed by atoms with Crippen LogP contribution in [0.5, 0.6) is 0 Å². The number of hydrogen-bond acceptors (Lipinski definition) is 5. The lowest BCUT2D eigenvalue weighted by Crippen LogP contribution is -2.40. The average Bonchev–Trinajstić information content (AvgIpc) is 2.93. The van der Waals surface area contributed by atoms with Gasteiger partial charge in [-0.25, -0.2) is 14.3 Å². The van der Waals surface area contributed by atoms with Crippen LogP contribution in [0.3, 0.4) is 0 Å². The molecule has 1 N–H and O–H groups in total. The van der Waals surface area contributed by atoms with Gasteiger partial charge in [0.2, 0.25) is 5.91 Å². The van der Waals surface area contributed by atoms with Crippen LogP contribution in [0.25, 0.3) is 5.78 Å². The lowest BCUT2D eigenvalue weighted by Gasteiger charge is -2.21. The molecule has 8 nitrogen and oxygen atoms in total. The van der Waals surface area contributed by atoms with Crippen molar-refractivity contribution in [2.45, 2.75) is 39.7 Å². The lowest BCUT2D eigenvalue weighted by molar-refractivity contribution is -0.148. The number of aliphatic carboxylic acids is 1. The summed E-state index contributed by atoms with van der Waals surface area (Å²) in [5.74, 6) is -0.706. The number of carboxylic acid groups (broad SMARTS) is 1. The summed E-state index contributed by atoms with van der Waals surface area (Å²) in [5.41, 5.74) is 2.63. The number of carboxylic acids is 1. The zero-order chi connectivity index (χ0) is 16.4. The Labute approximate surface area is 127 Å². The highest BCUT2D eigenvalue weighted by Crippen LogP contribution is 2.15. The molecule has 2 aromatic rings. The first-order chi connectivity index (χ1) is 10.3. The summed E-state index contributed by atoms with van der Waals surface area (Å²) in [5, 5.41) is 13.1. The van der Waals surface area contributed by atoms with E-state index < -0.39 is 12.0 Å². The molecule has 2 heterocycles. The maximum atomic E-state index is 12.1. The smallest absolute Gasteiger partial charge is 0.326 e. The van der Waals surface area contributed by atoms with Crippen molar-refractivity contribution in [3.05, 3.63) is 23.3 Å². The van der Waals surface area contributed by atoms with Crippen LogP contribution in [0.1, 0.15) is 30.3 Å². The number of aromatic nitrogens is 4. The minimum atomic E-state index is -1.02. The van der Waals surface area contributed by atoms with Crippen LogP contribution in [0.2, 0.25) is 0 Å². The lowest BCUT2D eigenvalue weighted by atomic mass is 10.1. The third kappa shape index (κ3) is 2.90. The van der Waals surface area contributed by atoms with Gasteiger partial charge in [-0.15, -0.1) is 0 Å². The summed E-state index contributed by atoms with van der Waals surface area (Å²) >= 11 is 0. The van der Waals surface area contributed by atoms with E-state index in [1.165, 1.54) is 25.2 Å². The Hall–Kier alpha value is -2.51. The third-order valence-corrected chi connectivity index (χ3v) is 3.91. The van der Waals surface area contributed by atoms with Crippen LogP contribution in [0.15, 0.2) is 6.33 Å². The zero-order valence-corrected chi connectivity index (χ0v) is 13.1. The number of rotatable bonds is 5. The predicted molar refractivity (Wildman–Crippen MR) is 78.4 cm³/mol. The van der Waals surface area contributed by atoms with Crippen molar-refractivity contribution in [2.75, 3.05) is 7.05 Å². The number of nitrogens with zero attached hydrogens (tertiary/aromatic N) is 5. The van der Waals surface area contributed by atoms with Crippen molar-refractivity contribution in [3.63, 3.8) is 0 Å². The highest BCUT2D eigenvalue weighted by atomic mass is 16.4. The van der Waals surface area contributed by atoms with Crippen LogP contribution in [0, 0.1) is 13.8 Å². The molecule has 118 valence electrons. The van der Waals surface area contributed by atoms with Crippen molar-refractivity contribution >= 4 is 17.7 Å². The largest absolute Gasteiger partial charge is 0.480 e. The molecule has 0 spiro atoms. The summed E-state index contributed by atoms with van der Waals surface area (Å²) in [6.45, 7) is 5.25. The maximum absolute atomic E-state index is 12.1. The van der Waals surface area contributed by atoms with Crippen molar-refractivity contribution in [1.29, 1.82) is 0 Å². The van der Waals surface area contributed by atoms with E-state index in [9.17, 15) is 9.59 Å². The van der Waals surface area contributed by atoms with E-state index in [1.54, 1.807) is 4.52 Å². The van der Waals surface area contributed by atoms with E-state index in [0.717, 1.165) is 17.0 Å². The van der Waals surface area contributed by atoms with Gasteiger partial charge in [-0.2, -0.15) is 10.1 Å². The second kappa shape index (κ2) is 6.08. The molecule has 1 amide bonds. The van der Waals surface area contributed by atoms with Crippen LogP contribution in [0.4, 0.5) is 0 Å². The van der Waals surface area contributed by atoms with Gasteiger partial charge < -0.3 is 10.0 Å². The van der Waals surface area contributed by atoms with Gasteiger partial charge in [0.15, 0.2) is 0 Å². The molecule has 0 aromatic carbocycles. The fourth-order valence-electron chi connectivity index (χ4n) is 2.31. The second-order valence-corrected chi connectivity index (χ2v) is 5.25. The first kappa shape index (κ1) is 15.9. The number of hydrogen-bond donors (Lipinski definition) is 1. The monoisotopic (exact) mass is 305 g/mol. The predicted octanol–water partition coefficient (Wildman–Crippen LogP) is 0.605. The highest BCUT2D eigenvalue weighted by molar-refractivity contribution is 5.83. The molecule has 0 aliphatic heterocycles. The molecule has 8 heteroatoms. The minimum absolute atomic E-state index is 0.215. The van der Waals surface area contributed by atoms with E-state index >= 15 is 0 Å². The van der Waals surface area contributed by atoms with E-state index in [2.05, 4.69) is 15.1 Å². The number of aryl methyl sites for hydroxylation is 2. The van der Waals surface area contributed by atoms with Gasteiger partial charge in [0, 0.05) is 24.9 Å². The Kier molecular flexibility index (Phi) is 4.39. The summed E-state index contributed by atoms with van der Waals surface area (Å²) in [6, 6.07) is -0.842. The Morgan fingerprint density at radius 1 is 1.41 bits per heavy atom. The molecule has 2 rings (SSSR count). The fraction of sp³-hybridized carbons (Fsp3) is 0.500. The molecule has 0 saturated carbocycles. The molecular weight excluding hydrogens is 286 g/mol. The molecule has 1 atom stereocenters. The van der Waals surface area contributed by atoms with Crippen molar-refractivity contribution in [2.24, 2.45) is 0 Å². The van der Waals surface area contributed by atoms with Gasteiger partial charge in [0.1, 0.15) is 12.4 Å². The molecular formula is C14H19N5O3. The molecule has 2 aromatic heterocycles. The molecule has 0 saturated heterocycles. The number of likely N-dealkylation sites (N-methyl/N-ethyl adjacent to an activating group) is 1. The van der Waals surface area contributed by atoms with Crippen molar-refractivity contribution in [3.8, 4) is 0 Å². The topological polar surface area (TPSA) is 101 Å². The van der Waals surface area contributed by atoms with Gasteiger partial charge in [0.25, 0.3) is 5.78 Å². The molecule has 0 bridgehead atoms. The van der Waals surface area contributed by atoms with E-state index in [0.29, 0.717) is 12.2 Å². The normalized spacial score (nSPS) is 12.4. The highest BCUT2D eigenvalue weighted by Gasteiger charge is 2.22. The van der Waals surface area contributed by atoms with Crippen LogP contribution < -0.4 is 0 Å². The quantitative estimate of drug-likeness (QED) is 0.868. The summed E-state index contributed by atoms with van der Waals surface area (Å²) in [4.78, 5) is 32.7. The average molecular weight is 305 g/mol. The first-order valence-electron chi connectivity index (χ1n) is 6.97. The summed E-state index contributed by atoms with van der Waals surface area (Å²) in [6.07, 6.45) is 2.14. The van der Waals surface area contributed by atoms with E-state index in [1.807, 2.05) is 13.8 Å². The second-order valence-electron chi connectivity index (χ2n) is 5.25. The Balaban J connectivity index is 2.15. The fourth-order valence-corrected chi connectivity index (χ4v) is 2.31. The van der Waals surface area contributed by atoms with Gasteiger partial charge in [-0.3, -0.25) is 4.79 Å². The van der Waals surface area contributed by atoms with E-state index in [4.69, 9.17) is 5.11 Å². The number of amides is 1. The molecule has 1 unspecified atom stereocenters. The van der Waals surface area contributed by atoms with Crippen LogP contribution in [-0.4, -0.2) is 54.6 Å². The summed E-state index contributed by atoms with van der Waals surface area (Å²) < 4.78 is 1.64. The first-order valence-corrected chi connectivity index (χ1v) is 6.97. The maximum Gasteiger partial charge on any atom is 0.326 e. The Morgan fingerprint density at radius 3 is 2.73 bits per heavy atom. The van der Waals surface area contributed by atoms with Crippen molar-refractivity contribution in [1.82, 2.24) is 24.5 Å². The molecule has 0 radical (unpaired) electrons. The van der Waals surface area contributed by atoms with Crippen LogP contribution in [-0.2, 0) is 16.0 Å². The number of fused-ring (bicyclic) bond motifs is 1. The zero-order valence-electron chi connectivity index (χ0n) is 13.1. The molecule has 22 heavy (non-hydrogen) atoms. The molecule has 0 aliphatic rings. The number of carbonyl (C=O) groups is 2. The van der Waals surface area contributed by atoms with E-state index in [-0.39, 0.29) is 12.3 Å². The van der Waals surface area contributed by atoms with Gasteiger partial charge in [-0.05, 0) is 32.8 Å². The summed E-state index contributed by atoms with van der Waals surface area (Å²) in [7, 11) is 1.50. The standard InChI is InChI=1S/C14H19N5O3/c1-8-11(9(2)19-14(17-8)15-7-16-19)5-6-12(20)18(4)10(3)13(21)22/h7,10H,5-6H2,1-4H3,(H,21,22). The van der Waals surface area contributed by atoms with Gasteiger partial charge in [-0.1, -0.05) is 0 Å². The minimum Gasteiger partial charge on any atom is -0.480 e. The van der Waals surface area contributed by atoms with Gasteiger partial charge >= 0.3 is 5.97 Å².